The predicted molar refractivity (Wildman–Crippen MR) is 47.2 cm³/mol. The minimum Gasteiger partial charge on any atom is -0.352 e. The molecule has 0 aromatic heterocycles. The van der Waals surface area contributed by atoms with Crippen LogP contribution < -0.4 is 5.32 Å². The van der Waals surface area contributed by atoms with Gasteiger partial charge >= 0.3 is 0 Å². The number of benzene rings is 1. The van der Waals surface area contributed by atoms with Gasteiger partial charge in [-0.3, -0.25) is 4.79 Å². The molecule has 0 unspecified atom stereocenters. The highest BCUT2D eigenvalue weighted by molar-refractivity contribution is 5.97. The Bertz CT molecular complexity index is 448. The van der Waals surface area contributed by atoms with Crippen molar-refractivity contribution in [2.45, 2.75) is 6.42 Å². The van der Waals surface area contributed by atoms with E-state index in [9.17, 15) is 9.18 Å². The summed E-state index contributed by atoms with van der Waals surface area (Å²) in [5.41, 5.74) is 1.19. The van der Waals surface area contributed by atoms with Crippen molar-refractivity contribution < 1.29 is 9.18 Å². The van der Waals surface area contributed by atoms with Gasteiger partial charge in [-0.1, -0.05) is 0 Å². The lowest BCUT2D eigenvalue weighted by molar-refractivity contribution is 0.0945. The van der Waals surface area contributed by atoms with Crippen molar-refractivity contribution in [1.82, 2.24) is 5.32 Å². The van der Waals surface area contributed by atoms with Gasteiger partial charge in [0.15, 0.2) is 0 Å². The zero-order valence-corrected chi connectivity index (χ0v) is 7.30. The summed E-state index contributed by atoms with van der Waals surface area (Å²) in [4.78, 5) is 11.3. The van der Waals surface area contributed by atoms with Crippen LogP contribution in [0, 0.1) is 17.1 Å². The van der Waals surface area contributed by atoms with Crippen molar-refractivity contribution in [1.29, 1.82) is 5.26 Å². The first-order chi connectivity index (χ1) is 6.72. The van der Waals surface area contributed by atoms with Crippen LogP contribution in [0.25, 0.3) is 0 Å². The second kappa shape index (κ2) is 3.11. The summed E-state index contributed by atoms with van der Waals surface area (Å²) in [6, 6.07) is 4.23. The average molecular weight is 190 g/mol. The average Bonchev–Trinajstić information content (AvgIpc) is 2.18. The molecule has 3 nitrogen and oxygen atoms in total. The van der Waals surface area contributed by atoms with E-state index in [0.717, 1.165) is 6.07 Å². The van der Waals surface area contributed by atoms with Gasteiger partial charge in [-0.05, 0) is 24.1 Å². The Morgan fingerprint density at radius 2 is 2.29 bits per heavy atom. The minimum absolute atomic E-state index is 0.259. The Morgan fingerprint density at radius 3 is 3.00 bits per heavy atom. The number of hydrogen-bond acceptors (Lipinski definition) is 2. The number of amides is 1. The molecule has 0 radical (unpaired) electrons. The number of carbonyl (C=O) groups excluding carboxylic acids is 1. The molecule has 0 spiro atoms. The van der Waals surface area contributed by atoms with Gasteiger partial charge in [0.2, 0.25) is 0 Å². The molecule has 0 aliphatic carbocycles. The van der Waals surface area contributed by atoms with Gasteiger partial charge in [0.1, 0.15) is 5.82 Å². The van der Waals surface area contributed by atoms with Crippen LogP contribution in [0.5, 0.6) is 0 Å². The minimum atomic E-state index is -0.544. The maximum absolute atomic E-state index is 13.0. The first-order valence-electron chi connectivity index (χ1n) is 4.23. The smallest absolute Gasteiger partial charge is 0.251 e. The number of carbonyl (C=O) groups is 1. The molecule has 1 aromatic rings. The third kappa shape index (κ3) is 1.23. The largest absolute Gasteiger partial charge is 0.352 e. The highest BCUT2D eigenvalue weighted by Gasteiger charge is 2.20. The van der Waals surface area contributed by atoms with E-state index in [1.807, 2.05) is 6.07 Å². The maximum Gasteiger partial charge on any atom is 0.251 e. The van der Waals surface area contributed by atoms with E-state index in [1.54, 1.807) is 0 Å². The molecule has 0 bridgehead atoms. The summed E-state index contributed by atoms with van der Waals surface area (Å²) in [5.74, 6) is -0.848. The molecule has 4 heteroatoms. The van der Waals surface area contributed by atoms with Crippen LogP contribution in [-0.2, 0) is 6.42 Å². The van der Waals surface area contributed by atoms with Gasteiger partial charge in [-0.25, -0.2) is 4.39 Å². The quantitative estimate of drug-likeness (QED) is 0.663. The molecule has 1 N–H and O–H groups in total. The molecule has 1 aliphatic heterocycles. The first-order valence-corrected chi connectivity index (χ1v) is 4.23. The summed E-state index contributed by atoms with van der Waals surface area (Å²) < 4.78 is 13.0. The summed E-state index contributed by atoms with van der Waals surface area (Å²) in [6.07, 6.45) is 0.588. The molecule has 14 heavy (non-hydrogen) atoms. The van der Waals surface area contributed by atoms with Crippen LogP contribution in [0.1, 0.15) is 21.5 Å². The van der Waals surface area contributed by atoms with Crippen molar-refractivity contribution in [2.24, 2.45) is 0 Å². The molecule has 1 heterocycles. The molecule has 1 aliphatic rings. The number of fused-ring (bicyclic) bond motifs is 1. The normalized spacial score (nSPS) is 14.1. The number of nitriles is 1. The number of halogens is 1. The zero-order chi connectivity index (χ0) is 10.1. The van der Waals surface area contributed by atoms with Gasteiger partial charge in [0, 0.05) is 12.1 Å². The summed E-state index contributed by atoms with van der Waals surface area (Å²) >= 11 is 0. The predicted octanol–water partition coefficient (Wildman–Crippen LogP) is 0.983. The number of nitrogens with zero attached hydrogens (tertiary/aromatic N) is 1. The maximum atomic E-state index is 13.0. The van der Waals surface area contributed by atoms with E-state index in [4.69, 9.17) is 5.26 Å². The van der Waals surface area contributed by atoms with Crippen LogP contribution in [0.4, 0.5) is 4.39 Å². The van der Waals surface area contributed by atoms with Crippen molar-refractivity contribution in [3.8, 4) is 6.07 Å². The van der Waals surface area contributed by atoms with E-state index in [1.165, 1.54) is 6.07 Å². The monoisotopic (exact) mass is 190 g/mol. The highest BCUT2D eigenvalue weighted by Crippen LogP contribution is 2.19. The van der Waals surface area contributed by atoms with Gasteiger partial charge in [-0.15, -0.1) is 0 Å². The number of rotatable bonds is 0. The molecule has 0 fully saturated rings. The summed E-state index contributed by atoms with van der Waals surface area (Å²) in [7, 11) is 0. The highest BCUT2D eigenvalue weighted by atomic mass is 19.1. The van der Waals surface area contributed by atoms with Crippen LogP contribution in [0.3, 0.4) is 0 Å². The van der Waals surface area contributed by atoms with Crippen LogP contribution in [0.15, 0.2) is 12.1 Å². The van der Waals surface area contributed by atoms with Gasteiger partial charge in [0.05, 0.1) is 11.6 Å². The second-order valence-electron chi connectivity index (χ2n) is 3.10. The molecule has 2 rings (SSSR count). The Labute approximate surface area is 80.2 Å². The summed E-state index contributed by atoms with van der Waals surface area (Å²) in [6.45, 7) is 0.506. The molecule has 0 saturated carbocycles. The van der Waals surface area contributed by atoms with Crippen molar-refractivity contribution in [2.75, 3.05) is 6.54 Å². The molecular weight excluding hydrogens is 183 g/mol. The third-order valence-electron chi connectivity index (χ3n) is 2.24. The Kier molecular flexibility index (Phi) is 1.93. The zero-order valence-electron chi connectivity index (χ0n) is 7.30. The Hall–Kier alpha value is -1.89. The first kappa shape index (κ1) is 8.70. The Morgan fingerprint density at radius 1 is 1.50 bits per heavy atom. The lowest BCUT2D eigenvalue weighted by atomic mass is 9.95. The number of hydrogen-bond donors (Lipinski definition) is 1. The number of nitrogens with one attached hydrogen (secondary N) is 1. The molecule has 0 atom stereocenters. The fourth-order valence-corrected chi connectivity index (χ4v) is 1.60. The Balaban J connectivity index is 2.68. The second-order valence-corrected chi connectivity index (χ2v) is 3.10. The fourth-order valence-electron chi connectivity index (χ4n) is 1.60. The van der Waals surface area contributed by atoms with E-state index in [2.05, 4.69) is 5.32 Å². The standard InChI is InChI=1S/C10H7FN2O/c11-7-3-6(5-12)8-1-2-13-10(14)9(8)4-7/h3-4H,1-2H2,(H,13,14). The fraction of sp³-hybridized carbons (Fsp3) is 0.200. The topological polar surface area (TPSA) is 52.9 Å². The van der Waals surface area contributed by atoms with Crippen LogP contribution in [-0.4, -0.2) is 12.5 Å². The molecule has 1 aromatic carbocycles. The van der Waals surface area contributed by atoms with Gasteiger partial charge in [0.25, 0.3) is 5.91 Å². The van der Waals surface area contributed by atoms with Crippen molar-refractivity contribution in [3.05, 3.63) is 34.6 Å². The lowest BCUT2D eigenvalue weighted by Crippen LogP contribution is -2.32. The van der Waals surface area contributed by atoms with E-state index < -0.39 is 5.82 Å². The van der Waals surface area contributed by atoms with Crippen LogP contribution >= 0.6 is 0 Å². The van der Waals surface area contributed by atoms with Gasteiger partial charge < -0.3 is 5.32 Å². The molecular formula is C10H7FN2O. The van der Waals surface area contributed by atoms with Crippen molar-refractivity contribution >= 4 is 5.91 Å². The SMILES string of the molecule is N#Cc1cc(F)cc2c1CCNC2=O. The third-order valence-corrected chi connectivity index (χ3v) is 2.24. The molecule has 0 saturated heterocycles. The van der Waals surface area contributed by atoms with E-state index in [-0.39, 0.29) is 17.0 Å². The van der Waals surface area contributed by atoms with Gasteiger partial charge in [-0.2, -0.15) is 5.26 Å². The van der Waals surface area contributed by atoms with E-state index >= 15 is 0 Å². The lowest BCUT2D eigenvalue weighted by Gasteiger charge is -2.17. The van der Waals surface area contributed by atoms with E-state index in [0.29, 0.717) is 18.5 Å². The van der Waals surface area contributed by atoms with Crippen LogP contribution in [0.2, 0.25) is 0 Å². The van der Waals surface area contributed by atoms with Crippen molar-refractivity contribution in [3.63, 3.8) is 0 Å². The molecule has 70 valence electrons. The summed E-state index contributed by atoms with van der Waals surface area (Å²) in [5, 5.41) is 11.4. The molecule has 1 amide bonds.